The van der Waals surface area contributed by atoms with Crippen LogP contribution in [0.5, 0.6) is 0 Å². The Morgan fingerprint density at radius 3 is 2.56 bits per heavy atom. The van der Waals surface area contributed by atoms with Crippen molar-refractivity contribution >= 4 is 17.5 Å². The van der Waals surface area contributed by atoms with Crippen LogP contribution in [0.4, 0.5) is 0 Å². The molecule has 1 aliphatic rings. The molecule has 1 saturated carbocycles. The van der Waals surface area contributed by atoms with Crippen LogP contribution in [0.25, 0.3) is 0 Å². The van der Waals surface area contributed by atoms with Gasteiger partial charge in [-0.15, -0.1) is 0 Å². The predicted octanol–water partition coefficient (Wildman–Crippen LogP) is 4.52. The minimum atomic E-state index is -0.773. The molecule has 5 nitrogen and oxygen atoms in total. The first-order valence-electron chi connectivity index (χ1n) is 9.80. The maximum Gasteiger partial charge on any atom is 0.303 e. The highest BCUT2D eigenvalue weighted by molar-refractivity contribution is 5.88. The molecule has 0 bridgehead atoms. The van der Waals surface area contributed by atoms with Gasteiger partial charge in [0.1, 0.15) is 5.78 Å². The van der Waals surface area contributed by atoms with E-state index in [4.69, 9.17) is 9.15 Å². The van der Waals surface area contributed by atoms with Crippen LogP contribution in [-0.2, 0) is 25.5 Å². The van der Waals surface area contributed by atoms with Gasteiger partial charge in [-0.25, -0.2) is 0 Å². The fourth-order valence-corrected chi connectivity index (χ4v) is 4.62. The molecule has 1 aromatic rings. The average molecular weight is 376 g/mol. The van der Waals surface area contributed by atoms with Crippen molar-refractivity contribution in [3.05, 3.63) is 24.2 Å². The number of ether oxygens (including phenoxy) is 1. The standard InChI is InChI=1S/C22H32O5/c1-15(27-16(2)23)18(24)13-19-21(3,4)10-6-11-22(19,5)20(25)8-7-17-9-12-26-14-17/h9,12,14-15,19H,6-8,10-11,13H2,1-5H3/t15-,19-,22-/m0/s1. The van der Waals surface area contributed by atoms with Gasteiger partial charge in [-0.05, 0) is 49.1 Å². The van der Waals surface area contributed by atoms with Gasteiger partial charge in [0.2, 0.25) is 0 Å². The van der Waals surface area contributed by atoms with Crippen molar-refractivity contribution in [1.29, 1.82) is 0 Å². The van der Waals surface area contributed by atoms with E-state index in [1.54, 1.807) is 19.5 Å². The monoisotopic (exact) mass is 376 g/mol. The molecular formula is C22H32O5. The number of hydrogen-bond donors (Lipinski definition) is 0. The highest BCUT2D eigenvalue weighted by Crippen LogP contribution is 2.53. The number of furan rings is 1. The Balaban J connectivity index is 2.16. The average Bonchev–Trinajstić information content (AvgIpc) is 3.08. The summed E-state index contributed by atoms with van der Waals surface area (Å²) in [6.07, 6.45) is 6.61. The molecule has 1 aliphatic carbocycles. The van der Waals surface area contributed by atoms with Crippen LogP contribution in [0, 0.1) is 16.7 Å². The van der Waals surface area contributed by atoms with Crippen LogP contribution in [0.1, 0.15) is 72.3 Å². The van der Waals surface area contributed by atoms with Gasteiger partial charge in [0, 0.05) is 25.2 Å². The van der Waals surface area contributed by atoms with Crippen molar-refractivity contribution in [2.45, 2.75) is 79.2 Å². The van der Waals surface area contributed by atoms with Crippen LogP contribution in [0.15, 0.2) is 23.0 Å². The molecule has 0 aliphatic heterocycles. The van der Waals surface area contributed by atoms with Gasteiger partial charge >= 0.3 is 5.97 Å². The number of aryl methyl sites for hydroxylation is 1. The summed E-state index contributed by atoms with van der Waals surface area (Å²) in [5.41, 5.74) is 0.346. The molecule has 0 N–H and O–H groups in total. The van der Waals surface area contributed by atoms with E-state index < -0.39 is 17.5 Å². The van der Waals surface area contributed by atoms with Crippen LogP contribution in [-0.4, -0.2) is 23.6 Å². The van der Waals surface area contributed by atoms with E-state index >= 15 is 0 Å². The lowest BCUT2D eigenvalue weighted by atomic mass is 9.53. The highest BCUT2D eigenvalue weighted by Gasteiger charge is 2.51. The lowest BCUT2D eigenvalue weighted by molar-refractivity contribution is -0.154. The molecule has 27 heavy (non-hydrogen) atoms. The second-order valence-electron chi connectivity index (χ2n) is 8.79. The van der Waals surface area contributed by atoms with Crippen molar-refractivity contribution in [2.75, 3.05) is 0 Å². The van der Waals surface area contributed by atoms with E-state index in [0.717, 1.165) is 24.8 Å². The zero-order valence-electron chi connectivity index (χ0n) is 17.2. The molecular weight excluding hydrogens is 344 g/mol. The Morgan fingerprint density at radius 1 is 1.26 bits per heavy atom. The van der Waals surface area contributed by atoms with E-state index in [-0.39, 0.29) is 29.3 Å². The lowest BCUT2D eigenvalue weighted by Crippen LogP contribution is -2.48. The second-order valence-corrected chi connectivity index (χ2v) is 8.79. The lowest BCUT2D eigenvalue weighted by Gasteiger charge is -2.50. The predicted molar refractivity (Wildman–Crippen MR) is 102 cm³/mol. The van der Waals surface area contributed by atoms with E-state index in [1.807, 2.05) is 13.0 Å². The second kappa shape index (κ2) is 8.41. The molecule has 5 heteroatoms. The number of esters is 1. The molecule has 0 spiro atoms. The molecule has 3 atom stereocenters. The molecule has 2 rings (SSSR count). The molecule has 1 heterocycles. The van der Waals surface area contributed by atoms with Crippen molar-refractivity contribution in [3.8, 4) is 0 Å². The van der Waals surface area contributed by atoms with Crippen LogP contribution < -0.4 is 0 Å². The van der Waals surface area contributed by atoms with Gasteiger partial charge in [-0.1, -0.05) is 27.2 Å². The molecule has 1 aromatic heterocycles. The largest absolute Gasteiger partial charge is 0.472 e. The van der Waals surface area contributed by atoms with Crippen molar-refractivity contribution in [3.63, 3.8) is 0 Å². The summed E-state index contributed by atoms with van der Waals surface area (Å²) >= 11 is 0. The molecule has 1 fully saturated rings. The molecule has 0 radical (unpaired) electrons. The normalized spacial score (nSPS) is 25.6. The first-order chi connectivity index (χ1) is 12.6. The Hall–Kier alpha value is -1.91. The van der Waals surface area contributed by atoms with Gasteiger partial charge in [0.05, 0.1) is 12.5 Å². The zero-order valence-corrected chi connectivity index (χ0v) is 17.2. The van der Waals surface area contributed by atoms with E-state index in [0.29, 0.717) is 12.8 Å². The summed E-state index contributed by atoms with van der Waals surface area (Å²) in [5, 5.41) is 0. The summed E-state index contributed by atoms with van der Waals surface area (Å²) in [4.78, 5) is 37.1. The summed E-state index contributed by atoms with van der Waals surface area (Å²) in [5.74, 6) is -0.438. The topological polar surface area (TPSA) is 73.6 Å². The Morgan fingerprint density at radius 2 is 1.96 bits per heavy atom. The third-order valence-electron chi connectivity index (χ3n) is 6.29. The fraction of sp³-hybridized carbons (Fsp3) is 0.682. The molecule has 150 valence electrons. The van der Waals surface area contributed by atoms with Crippen molar-refractivity contribution in [1.82, 2.24) is 0 Å². The Bertz CT molecular complexity index is 673. The third-order valence-corrected chi connectivity index (χ3v) is 6.29. The van der Waals surface area contributed by atoms with E-state index in [1.165, 1.54) is 6.92 Å². The minimum Gasteiger partial charge on any atom is -0.472 e. The van der Waals surface area contributed by atoms with Gasteiger partial charge in [0.25, 0.3) is 0 Å². The SMILES string of the molecule is CC(=O)O[C@@H](C)C(=O)C[C@H]1C(C)(C)CCC[C@]1(C)C(=O)CCc1ccoc1. The summed E-state index contributed by atoms with van der Waals surface area (Å²) < 4.78 is 10.1. The number of rotatable bonds is 8. The number of Topliss-reactive ketones (excluding diaryl/α,β-unsaturated/α-hetero) is 2. The smallest absolute Gasteiger partial charge is 0.303 e. The molecule has 0 unspecified atom stereocenters. The highest BCUT2D eigenvalue weighted by atomic mass is 16.5. The third kappa shape index (κ3) is 5.08. The van der Waals surface area contributed by atoms with Crippen molar-refractivity contribution in [2.24, 2.45) is 16.7 Å². The van der Waals surface area contributed by atoms with Crippen LogP contribution in [0.2, 0.25) is 0 Å². The summed E-state index contributed by atoms with van der Waals surface area (Å²) in [7, 11) is 0. The van der Waals surface area contributed by atoms with Crippen LogP contribution in [0.3, 0.4) is 0 Å². The van der Waals surface area contributed by atoms with Gasteiger partial charge in [-0.3, -0.25) is 14.4 Å². The molecule has 0 aromatic carbocycles. The Labute approximate surface area is 161 Å². The van der Waals surface area contributed by atoms with Gasteiger partial charge in [-0.2, -0.15) is 0 Å². The summed E-state index contributed by atoms with van der Waals surface area (Å²) in [6.45, 7) is 9.21. The first-order valence-corrected chi connectivity index (χ1v) is 9.80. The number of carbonyl (C=O) groups excluding carboxylic acids is 3. The number of carbonyl (C=O) groups is 3. The van der Waals surface area contributed by atoms with E-state index in [2.05, 4.69) is 13.8 Å². The van der Waals surface area contributed by atoms with Crippen molar-refractivity contribution < 1.29 is 23.5 Å². The van der Waals surface area contributed by atoms with Crippen LogP contribution >= 0.6 is 0 Å². The molecule has 0 saturated heterocycles. The van der Waals surface area contributed by atoms with Gasteiger partial charge in [0.15, 0.2) is 11.9 Å². The maximum absolute atomic E-state index is 13.2. The maximum atomic E-state index is 13.2. The quantitative estimate of drug-likeness (QED) is 0.624. The Kier molecular flexibility index (Phi) is 6.66. The zero-order chi connectivity index (χ0) is 20.2. The van der Waals surface area contributed by atoms with E-state index in [9.17, 15) is 14.4 Å². The molecule has 0 amide bonds. The summed E-state index contributed by atoms with van der Waals surface area (Å²) in [6, 6.07) is 1.88. The number of ketones is 2. The minimum absolute atomic E-state index is 0.0684. The van der Waals surface area contributed by atoms with Gasteiger partial charge < -0.3 is 9.15 Å². The first kappa shape index (κ1) is 21.4. The fourth-order valence-electron chi connectivity index (χ4n) is 4.62. The number of hydrogen-bond acceptors (Lipinski definition) is 5.